The van der Waals surface area contributed by atoms with Crippen molar-refractivity contribution in [3.05, 3.63) is 29.8 Å². The highest BCUT2D eigenvalue weighted by Crippen LogP contribution is 2.26. The van der Waals surface area contributed by atoms with Gasteiger partial charge in [-0.2, -0.15) is 11.8 Å². The summed E-state index contributed by atoms with van der Waals surface area (Å²) >= 11 is 2.03. The zero-order chi connectivity index (χ0) is 14.8. The molecule has 1 aliphatic rings. The minimum Gasteiger partial charge on any atom is -0.497 e. The molecule has 4 nitrogen and oxygen atoms in total. The average Bonchev–Trinajstić information content (AvgIpc) is 3.02. The Labute approximate surface area is 129 Å². The third-order valence-corrected chi connectivity index (χ3v) is 5.23. The van der Waals surface area contributed by atoms with Crippen LogP contribution in [0.25, 0.3) is 10.9 Å². The van der Waals surface area contributed by atoms with Crippen molar-refractivity contribution >= 4 is 28.5 Å². The van der Waals surface area contributed by atoms with Gasteiger partial charge in [0.1, 0.15) is 11.6 Å². The SMILES string of the molecule is COc1ccc2cc(CN(C)C3CCSC3)c(N)nc2c1. The molecule has 21 heavy (non-hydrogen) atoms. The lowest BCUT2D eigenvalue weighted by Crippen LogP contribution is -2.31. The quantitative estimate of drug-likeness (QED) is 0.941. The first-order chi connectivity index (χ1) is 10.2. The number of hydrogen-bond acceptors (Lipinski definition) is 5. The van der Waals surface area contributed by atoms with Crippen LogP contribution >= 0.6 is 11.8 Å². The van der Waals surface area contributed by atoms with E-state index in [1.165, 1.54) is 17.9 Å². The van der Waals surface area contributed by atoms with Crippen LogP contribution < -0.4 is 10.5 Å². The highest BCUT2D eigenvalue weighted by atomic mass is 32.2. The lowest BCUT2D eigenvalue weighted by Gasteiger charge is -2.24. The summed E-state index contributed by atoms with van der Waals surface area (Å²) in [7, 11) is 3.83. The van der Waals surface area contributed by atoms with E-state index in [0.717, 1.165) is 28.8 Å². The van der Waals surface area contributed by atoms with Gasteiger partial charge in [0.05, 0.1) is 12.6 Å². The second-order valence-corrected chi connectivity index (χ2v) is 6.67. The number of thioether (sulfide) groups is 1. The van der Waals surface area contributed by atoms with Gasteiger partial charge in [0.25, 0.3) is 0 Å². The summed E-state index contributed by atoms with van der Waals surface area (Å²) in [5, 5.41) is 1.11. The molecular formula is C16H21N3OS. The molecule has 0 radical (unpaired) electrons. The van der Waals surface area contributed by atoms with Crippen molar-refractivity contribution in [2.45, 2.75) is 19.0 Å². The van der Waals surface area contributed by atoms with Gasteiger partial charge in [-0.25, -0.2) is 4.98 Å². The van der Waals surface area contributed by atoms with Crippen LogP contribution in [-0.4, -0.2) is 41.6 Å². The summed E-state index contributed by atoms with van der Waals surface area (Å²) in [5.74, 6) is 3.91. The molecule has 2 heterocycles. The largest absolute Gasteiger partial charge is 0.497 e. The fourth-order valence-corrected chi connectivity index (χ4v) is 4.03. The first kappa shape index (κ1) is 14.5. The van der Waals surface area contributed by atoms with Gasteiger partial charge in [0, 0.05) is 35.4 Å². The molecular weight excluding hydrogens is 282 g/mol. The third-order valence-electron chi connectivity index (χ3n) is 4.09. The van der Waals surface area contributed by atoms with Crippen LogP contribution in [0.15, 0.2) is 24.3 Å². The maximum atomic E-state index is 6.14. The first-order valence-electron chi connectivity index (χ1n) is 7.18. The molecule has 0 aliphatic carbocycles. The van der Waals surface area contributed by atoms with E-state index in [4.69, 9.17) is 10.5 Å². The van der Waals surface area contributed by atoms with Crippen LogP contribution in [0.4, 0.5) is 5.82 Å². The van der Waals surface area contributed by atoms with Gasteiger partial charge in [-0.1, -0.05) is 0 Å². The van der Waals surface area contributed by atoms with Gasteiger partial charge in [-0.3, -0.25) is 4.90 Å². The van der Waals surface area contributed by atoms with Crippen LogP contribution in [0.1, 0.15) is 12.0 Å². The van der Waals surface area contributed by atoms with Crippen molar-refractivity contribution in [3.8, 4) is 5.75 Å². The van der Waals surface area contributed by atoms with Crippen LogP contribution in [0.5, 0.6) is 5.75 Å². The van der Waals surface area contributed by atoms with Crippen molar-refractivity contribution in [2.75, 3.05) is 31.4 Å². The summed E-state index contributed by atoms with van der Waals surface area (Å²) in [4.78, 5) is 6.92. The molecule has 1 unspecified atom stereocenters. The predicted octanol–water partition coefficient (Wildman–Crippen LogP) is 2.76. The van der Waals surface area contributed by atoms with E-state index >= 15 is 0 Å². The predicted molar refractivity (Wildman–Crippen MR) is 89.9 cm³/mol. The molecule has 1 aliphatic heterocycles. The molecule has 1 aromatic carbocycles. The standard InChI is InChI=1S/C16H21N3OS/c1-19(13-5-6-21-10-13)9-12-7-11-3-4-14(20-2)8-15(11)18-16(12)17/h3-4,7-8,13H,5-6,9-10H2,1-2H3,(H2,17,18). The Balaban J connectivity index is 1.86. The molecule has 0 bridgehead atoms. The van der Waals surface area contributed by atoms with Crippen molar-refractivity contribution in [1.82, 2.24) is 9.88 Å². The third kappa shape index (κ3) is 3.09. The summed E-state index contributed by atoms with van der Waals surface area (Å²) in [5.41, 5.74) is 8.13. The first-order valence-corrected chi connectivity index (χ1v) is 8.34. The number of methoxy groups -OCH3 is 1. The van der Waals surface area contributed by atoms with Gasteiger partial charge in [-0.15, -0.1) is 0 Å². The number of ether oxygens (including phenoxy) is 1. The number of nitrogens with two attached hydrogens (primary N) is 1. The van der Waals surface area contributed by atoms with E-state index in [2.05, 4.69) is 23.0 Å². The molecule has 2 N–H and O–H groups in total. The molecule has 3 rings (SSSR count). The minimum absolute atomic E-state index is 0.619. The molecule has 112 valence electrons. The van der Waals surface area contributed by atoms with E-state index in [1.54, 1.807) is 7.11 Å². The number of nitrogens with zero attached hydrogens (tertiary/aromatic N) is 2. The lowest BCUT2D eigenvalue weighted by molar-refractivity contribution is 0.255. The Bertz CT molecular complexity index is 641. The summed E-state index contributed by atoms with van der Waals surface area (Å²) in [6, 6.07) is 8.72. The highest BCUT2D eigenvalue weighted by Gasteiger charge is 2.20. The van der Waals surface area contributed by atoms with Crippen LogP contribution in [-0.2, 0) is 6.54 Å². The summed E-state index contributed by atoms with van der Waals surface area (Å²) in [6.07, 6.45) is 1.26. The molecule has 1 fully saturated rings. The maximum absolute atomic E-state index is 6.14. The van der Waals surface area contributed by atoms with E-state index in [-0.39, 0.29) is 0 Å². The Morgan fingerprint density at radius 2 is 2.29 bits per heavy atom. The number of aromatic nitrogens is 1. The van der Waals surface area contributed by atoms with E-state index in [1.807, 2.05) is 30.0 Å². The maximum Gasteiger partial charge on any atom is 0.128 e. The van der Waals surface area contributed by atoms with Gasteiger partial charge in [0.15, 0.2) is 0 Å². The van der Waals surface area contributed by atoms with Gasteiger partial charge in [-0.05, 0) is 37.4 Å². The fourth-order valence-electron chi connectivity index (χ4n) is 2.73. The van der Waals surface area contributed by atoms with E-state index < -0.39 is 0 Å². The van der Waals surface area contributed by atoms with Crippen molar-refractivity contribution in [2.24, 2.45) is 0 Å². The lowest BCUT2D eigenvalue weighted by atomic mass is 10.1. The number of hydrogen-bond donors (Lipinski definition) is 1. The number of rotatable bonds is 4. The molecule has 2 aromatic rings. The van der Waals surface area contributed by atoms with E-state index in [0.29, 0.717) is 11.9 Å². The van der Waals surface area contributed by atoms with Gasteiger partial charge >= 0.3 is 0 Å². The monoisotopic (exact) mass is 303 g/mol. The molecule has 0 amide bonds. The van der Waals surface area contributed by atoms with Crippen molar-refractivity contribution < 1.29 is 4.74 Å². The summed E-state index contributed by atoms with van der Waals surface area (Å²) < 4.78 is 5.23. The second-order valence-electron chi connectivity index (χ2n) is 5.52. The molecule has 1 atom stereocenters. The van der Waals surface area contributed by atoms with Crippen LogP contribution in [0.2, 0.25) is 0 Å². The number of pyridine rings is 1. The Morgan fingerprint density at radius 1 is 1.43 bits per heavy atom. The Kier molecular flexibility index (Phi) is 4.22. The minimum atomic E-state index is 0.619. The van der Waals surface area contributed by atoms with Crippen molar-refractivity contribution in [1.29, 1.82) is 0 Å². The smallest absolute Gasteiger partial charge is 0.128 e. The highest BCUT2D eigenvalue weighted by molar-refractivity contribution is 7.99. The van der Waals surface area contributed by atoms with E-state index in [9.17, 15) is 0 Å². The number of fused-ring (bicyclic) bond motifs is 1. The van der Waals surface area contributed by atoms with Crippen LogP contribution in [0.3, 0.4) is 0 Å². The molecule has 1 saturated heterocycles. The average molecular weight is 303 g/mol. The summed E-state index contributed by atoms with van der Waals surface area (Å²) in [6.45, 7) is 0.853. The molecule has 5 heteroatoms. The number of benzene rings is 1. The second kappa shape index (κ2) is 6.12. The van der Waals surface area contributed by atoms with Crippen molar-refractivity contribution in [3.63, 3.8) is 0 Å². The Morgan fingerprint density at radius 3 is 3.00 bits per heavy atom. The fraction of sp³-hybridized carbons (Fsp3) is 0.438. The number of nitrogen functional groups attached to an aromatic ring is 1. The van der Waals surface area contributed by atoms with Gasteiger partial charge < -0.3 is 10.5 Å². The Hall–Kier alpha value is -1.46. The topological polar surface area (TPSA) is 51.4 Å². The van der Waals surface area contributed by atoms with Gasteiger partial charge in [0.2, 0.25) is 0 Å². The molecule has 0 spiro atoms. The number of anilines is 1. The normalized spacial score (nSPS) is 18.5. The molecule has 1 aromatic heterocycles. The van der Waals surface area contributed by atoms with Crippen LogP contribution in [0, 0.1) is 0 Å². The zero-order valence-electron chi connectivity index (χ0n) is 12.5. The molecule has 0 saturated carbocycles. The zero-order valence-corrected chi connectivity index (χ0v) is 13.3.